The average molecular weight is 323 g/mol. The number of aliphatic imine (C=N–C) groups is 1. The van der Waals surface area contributed by atoms with E-state index in [1.54, 1.807) is 30.2 Å². The van der Waals surface area contributed by atoms with Gasteiger partial charge in [0.15, 0.2) is 0 Å². The van der Waals surface area contributed by atoms with E-state index in [4.69, 9.17) is 0 Å². The zero-order chi connectivity index (χ0) is 17.3. The normalized spacial score (nSPS) is 16.4. The molecule has 1 atom stereocenters. The quantitative estimate of drug-likeness (QED) is 0.491. The lowest BCUT2D eigenvalue weighted by molar-refractivity contribution is -0.384. The van der Waals surface area contributed by atoms with Crippen LogP contribution in [0.5, 0.6) is 0 Å². The van der Waals surface area contributed by atoms with Crippen LogP contribution in [0.3, 0.4) is 0 Å². The van der Waals surface area contributed by atoms with Gasteiger partial charge in [0.2, 0.25) is 5.91 Å². The van der Waals surface area contributed by atoms with Crippen LogP contribution < -0.4 is 4.90 Å². The largest absolute Gasteiger partial charge is 0.309 e. The summed E-state index contributed by atoms with van der Waals surface area (Å²) in [4.78, 5) is 28.2. The van der Waals surface area contributed by atoms with E-state index in [1.165, 1.54) is 12.1 Å². The summed E-state index contributed by atoms with van der Waals surface area (Å²) in [5.41, 5.74) is 3.70. The lowest BCUT2D eigenvalue weighted by Gasteiger charge is -2.20. The van der Waals surface area contributed by atoms with Crippen molar-refractivity contribution in [3.63, 3.8) is 0 Å². The minimum Gasteiger partial charge on any atom is -0.309 e. The summed E-state index contributed by atoms with van der Waals surface area (Å²) < 4.78 is 0. The molecule has 0 fully saturated rings. The first kappa shape index (κ1) is 15.9. The van der Waals surface area contributed by atoms with Crippen LogP contribution >= 0.6 is 0 Å². The predicted octanol–water partition coefficient (Wildman–Crippen LogP) is 3.64. The van der Waals surface area contributed by atoms with E-state index in [1.807, 2.05) is 25.1 Å². The van der Waals surface area contributed by atoms with Gasteiger partial charge in [-0.25, -0.2) is 0 Å². The highest BCUT2D eigenvalue weighted by Gasteiger charge is 2.28. The van der Waals surface area contributed by atoms with Gasteiger partial charge in [0.05, 0.1) is 10.6 Å². The summed E-state index contributed by atoms with van der Waals surface area (Å²) in [7, 11) is 0. The Morgan fingerprint density at radius 3 is 2.62 bits per heavy atom. The number of nitro benzene ring substituents is 1. The third-order valence-corrected chi connectivity index (χ3v) is 4.08. The van der Waals surface area contributed by atoms with Crippen LogP contribution in [-0.2, 0) is 11.2 Å². The summed E-state index contributed by atoms with van der Waals surface area (Å²) in [5, 5.41) is 10.6. The number of anilines is 1. The summed E-state index contributed by atoms with van der Waals surface area (Å²) in [5.74, 6) is 0.0448. The van der Waals surface area contributed by atoms with Crippen molar-refractivity contribution < 1.29 is 9.72 Å². The first-order valence-electron chi connectivity index (χ1n) is 7.67. The number of hydrogen-bond acceptors (Lipinski definition) is 4. The number of nitrogens with zero attached hydrogens (tertiary/aromatic N) is 3. The highest BCUT2D eigenvalue weighted by Crippen LogP contribution is 2.34. The number of carbonyl (C=O) groups excluding carboxylic acids is 1. The van der Waals surface area contributed by atoms with Gasteiger partial charge in [0.1, 0.15) is 0 Å². The monoisotopic (exact) mass is 323 g/mol. The molecule has 24 heavy (non-hydrogen) atoms. The number of nitro groups is 1. The molecule has 1 heterocycles. The molecule has 0 aromatic heterocycles. The SMILES string of the molecule is CC(=O)N1c2ccc(N=Cc3ccc([N+](=O)[O-])cc3)cc2C[C@H]1C. The highest BCUT2D eigenvalue weighted by molar-refractivity contribution is 5.95. The third-order valence-electron chi connectivity index (χ3n) is 4.08. The number of fused-ring (bicyclic) bond motifs is 1. The summed E-state index contributed by atoms with van der Waals surface area (Å²) in [6.45, 7) is 3.60. The van der Waals surface area contributed by atoms with Gasteiger partial charge in [-0.3, -0.25) is 19.9 Å². The molecule has 0 unspecified atom stereocenters. The van der Waals surface area contributed by atoms with Crippen molar-refractivity contribution in [3.8, 4) is 0 Å². The highest BCUT2D eigenvalue weighted by atomic mass is 16.6. The first-order valence-corrected chi connectivity index (χ1v) is 7.67. The fourth-order valence-corrected chi connectivity index (χ4v) is 3.01. The fraction of sp³-hybridized carbons (Fsp3) is 0.222. The maximum absolute atomic E-state index is 11.7. The molecule has 1 aliphatic rings. The van der Waals surface area contributed by atoms with Crippen LogP contribution in [0.2, 0.25) is 0 Å². The fourth-order valence-electron chi connectivity index (χ4n) is 3.01. The number of carbonyl (C=O) groups is 1. The standard InChI is InChI=1S/C18H17N3O3/c1-12-9-15-10-16(5-8-18(15)20(12)13(2)22)19-11-14-3-6-17(7-4-14)21(23)24/h3-8,10-12H,9H2,1-2H3/t12-/m1/s1. The molecule has 0 bridgehead atoms. The lowest BCUT2D eigenvalue weighted by Crippen LogP contribution is -2.33. The van der Waals surface area contributed by atoms with E-state index < -0.39 is 4.92 Å². The van der Waals surface area contributed by atoms with Gasteiger partial charge in [-0.2, -0.15) is 0 Å². The van der Waals surface area contributed by atoms with Crippen molar-refractivity contribution in [2.24, 2.45) is 4.99 Å². The van der Waals surface area contributed by atoms with Crippen LogP contribution in [0.1, 0.15) is 25.0 Å². The Kier molecular flexibility index (Phi) is 4.12. The third kappa shape index (κ3) is 3.03. The predicted molar refractivity (Wildman–Crippen MR) is 93.1 cm³/mol. The molecular weight excluding hydrogens is 306 g/mol. The Labute approximate surface area is 139 Å². The summed E-state index contributed by atoms with van der Waals surface area (Å²) in [6.07, 6.45) is 2.49. The Balaban J connectivity index is 1.81. The van der Waals surface area contributed by atoms with Crippen LogP contribution in [0.25, 0.3) is 0 Å². The molecule has 0 saturated heterocycles. The minimum atomic E-state index is -0.427. The zero-order valence-electron chi connectivity index (χ0n) is 13.5. The summed E-state index contributed by atoms with van der Waals surface area (Å²) in [6, 6.07) is 12.2. The molecule has 2 aromatic carbocycles. The van der Waals surface area contributed by atoms with Crippen molar-refractivity contribution in [3.05, 3.63) is 63.7 Å². The van der Waals surface area contributed by atoms with Crippen LogP contribution in [0, 0.1) is 10.1 Å². The maximum Gasteiger partial charge on any atom is 0.269 e. The molecule has 0 saturated carbocycles. The van der Waals surface area contributed by atoms with E-state index in [9.17, 15) is 14.9 Å². The molecular formula is C18H17N3O3. The zero-order valence-corrected chi connectivity index (χ0v) is 13.5. The van der Waals surface area contributed by atoms with Crippen LogP contribution in [0.15, 0.2) is 47.5 Å². The number of benzene rings is 2. The Hall–Kier alpha value is -3.02. The Bertz CT molecular complexity index is 828. The number of hydrogen-bond donors (Lipinski definition) is 0. The lowest BCUT2D eigenvalue weighted by atomic mass is 10.1. The molecule has 122 valence electrons. The van der Waals surface area contributed by atoms with Gasteiger partial charge >= 0.3 is 0 Å². The van der Waals surface area contributed by atoms with Gasteiger partial charge in [-0.1, -0.05) is 0 Å². The van der Waals surface area contributed by atoms with Crippen molar-refractivity contribution in [2.75, 3.05) is 4.90 Å². The van der Waals surface area contributed by atoms with E-state index in [0.29, 0.717) is 0 Å². The van der Waals surface area contributed by atoms with Crippen molar-refractivity contribution >= 4 is 29.2 Å². The molecule has 6 heteroatoms. The second-order valence-corrected chi connectivity index (χ2v) is 5.86. The Morgan fingerprint density at radius 2 is 2.00 bits per heavy atom. The minimum absolute atomic E-state index is 0.0448. The Morgan fingerprint density at radius 1 is 1.29 bits per heavy atom. The second-order valence-electron chi connectivity index (χ2n) is 5.86. The molecule has 6 nitrogen and oxygen atoms in total. The first-order chi connectivity index (χ1) is 11.5. The van der Waals surface area contributed by atoms with Crippen LogP contribution in [-0.4, -0.2) is 23.1 Å². The second kappa shape index (κ2) is 6.23. The van der Waals surface area contributed by atoms with E-state index in [0.717, 1.165) is 28.9 Å². The van der Waals surface area contributed by atoms with Gasteiger partial charge in [0.25, 0.3) is 5.69 Å². The van der Waals surface area contributed by atoms with Gasteiger partial charge < -0.3 is 4.90 Å². The summed E-state index contributed by atoms with van der Waals surface area (Å²) >= 11 is 0. The molecule has 0 aliphatic carbocycles. The molecule has 0 spiro atoms. The molecule has 1 amide bonds. The molecule has 2 aromatic rings. The maximum atomic E-state index is 11.7. The van der Waals surface area contributed by atoms with Crippen molar-refractivity contribution in [1.29, 1.82) is 0 Å². The molecule has 0 N–H and O–H groups in total. The topological polar surface area (TPSA) is 75.8 Å². The van der Waals surface area contributed by atoms with Gasteiger partial charge in [-0.15, -0.1) is 0 Å². The average Bonchev–Trinajstić information content (AvgIpc) is 2.88. The van der Waals surface area contributed by atoms with Gasteiger partial charge in [0, 0.05) is 37.0 Å². The molecule has 0 radical (unpaired) electrons. The van der Waals surface area contributed by atoms with Gasteiger partial charge in [-0.05, 0) is 54.8 Å². The van der Waals surface area contributed by atoms with E-state index in [2.05, 4.69) is 4.99 Å². The van der Waals surface area contributed by atoms with Crippen molar-refractivity contribution in [2.45, 2.75) is 26.3 Å². The van der Waals surface area contributed by atoms with E-state index >= 15 is 0 Å². The number of rotatable bonds is 3. The molecule has 3 rings (SSSR count). The molecule has 1 aliphatic heterocycles. The van der Waals surface area contributed by atoms with Crippen LogP contribution in [0.4, 0.5) is 17.1 Å². The van der Waals surface area contributed by atoms with Crippen molar-refractivity contribution in [1.82, 2.24) is 0 Å². The van der Waals surface area contributed by atoms with E-state index in [-0.39, 0.29) is 17.6 Å². The number of amides is 1. The smallest absolute Gasteiger partial charge is 0.269 e. The number of non-ortho nitro benzene ring substituents is 1.